The van der Waals surface area contributed by atoms with Gasteiger partial charge in [-0.1, -0.05) is 18.2 Å². The van der Waals surface area contributed by atoms with E-state index >= 15 is 0 Å². The first kappa shape index (κ1) is 11.6. The molecule has 0 unspecified atom stereocenters. The Morgan fingerprint density at radius 3 is 2.42 bits per heavy atom. The van der Waals surface area contributed by atoms with Crippen molar-refractivity contribution in [1.82, 2.24) is 15.2 Å². The zero-order chi connectivity index (χ0) is 13.2. The maximum absolute atomic E-state index is 5.71. The molecule has 0 atom stereocenters. The lowest BCUT2D eigenvalue weighted by atomic mass is 10.1. The van der Waals surface area contributed by atoms with Crippen molar-refractivity contribution < 1.29 is 4.42 Å². The van der Waals surface area contributed by atoms with Crippen molar-refractivity contribution >= 4 is 0 Å². The van der Waals surface area contributed by atoms with Gasteiger partial charge in [0.25, 0.3) is 0 Å². The predicted molar refractivity (Wildman–Crippen MR) is 72.4 cm³/mol. The Morgan fingerprint density at radius 2 is 1.68 bits per heavy atom. The fraction of sp³-hybridized carbons (Fsp3) is 0.133. The molecule has 0 spiro atoms. The van der Waals surface area contributed by atoms with Gasteiger partial charge in [-0.2, -0.15) is 0 Å². The van der Waals surface area contributed by atoms with Gasteiger partial charge in [-0.25, -0.2) is 0 Å². The first-order chi connectivity index (χ1) is 9.24. The molecule has 0 saturated heterocycles. The van der Waals surface area contributed by atoms with E-state index in [1.165, 1.54) is 0 Å². The fourth-order valence-electron chi connectivity index (χ4n) is 1.86. The van der Waals surface area contributed by atoms with E-state index < -0.39 is 0 Å². The van der Waals surface area contributed by atoms with Crippen LogP contribution in [0.1, 0.15) is 11.3 Å². The Morgan fingerprint density at radius 1 is 0.895 bits per heavy atom. The molecule has 94 valence electrons. The summed E-state index contributed by atoms with van der Waals surface area (Å²) < 4.78 is 5.71. The van der Waals surface area contributed by atoms with Gasteiger partial charge in [-0.3, -0.25) is 4.98 Å². The molecule has 0 radical (unpaired) electrons. The summed E-state index contributed by atoms with van der Waals surface area (Å²) in [4.78, 5) is 4.23. The molecule has 0 fully saturated rings. The molecule has 3 aromatic rings. The van der Waals surface area contributed by atoms with Crippen LogP contribution in [-0.4, -0.2) is 15.2 Å². The Labute approximate surface area is 111 Å². The lowest BCUT2D eigenvalue weighted by Crippen LogP contribution is -1.82. The van der Waals surface area contributed by atoms with Gasteiger partial charge >= 0.3 is 0 Å². The number of hydrogen-bond donors (Lipinski definition) is 0. The summed E-state index contributed by atoms with van der Waals surface area (Å²) in [6, 6.07) is 11.8. The molecule has 0 aliphatic rings. The molecule has 2 heterocycles. The number of benzene rings is 1. The van der Waals surface area contributed by atoms with Gasteiger partial charge in [-0.05, 0) is 37.6 Å². The van der Waals surface area contributed by atoms with Crippen molar-refractivity contribution in [3.8, 4) is 22.9 Å². The highest BCUT2D eigenvalue weighted by atomic mass is 16.4. The summed E-state index contributed by atoms with van der Waals surface area (Å²) in [6.07, 6.45) is 1.74. The van der Waals surface area contributed by atoms with Gasteiger partial charge < -0.3 is 4.42 Å². The third-order valence-corrected chi connectivity index (χ3v) is 2.96. The highest BCUT2D eigenvalue weighted by Gasteiger charge is 2.11. The monoisotopic (exact) mass is 251 g/mol. The van der Waals surface area contributed by atoms with Crippen molar-refractivity contribution in [1.29, 1.82) is 0 Å². The highest BCUT2D eigenvalue weighted by molar-refractivity contribution is 5.60. The average Bonchev–Trinajstić information content (AvgIpc) is 2.89. The summed E-state index contributed by atoms with van der Waals surface area (Å²) in [5.41, 5.74) is 3.86. The summed E-state index contributed by atoms with van der Waals surface area (Å²) >= 11 is 0. The van der Waals surface area contributed by atoms with Crippen LogP contribution in [0.3, 0.4) is 0 Å². The second kappa shape index (κ2) is 4.65. The van der Waals surface area contributed by atoms with E-state index in [0.717, 1.165) is 22.4 Å². The molecule has 0 bridgehead atoms. The van der Waals surface area contributed by atoms with Crippen LogP contribution in [0.4, 0.5) is 0 Å². The van der Waals surface area contributed by atoms with Crippen LogP contribution in [0.2, 0.25) is 0 Å². The minimum Gasteiger partial charge on any atom is -0.416 e. The summed E-state index contributed by atoms with van der Waals surface area (Å²) in [6.45, 7) is 3.96. The van der Waals surface area contributed by atoms with E-state index in [-0.39, 0.29) is 0 Å². The van der Waals surface area contributed by atoms with E-state index in [1.54, 1.807) is 6.20 Å². The van der Waals surface area contributed by atoms with Crippen LogP contribution in [0.25, 0.3) is 22.9 Å². The third kappa shape index (κ3) is 2.25. The Hall–Kier alpha value is -2.49. The number of aromatic nitrogens is 3. The van der Waals surface area contributed by atoms with E-state index in [9.17, 15) is 0 Å². The van der Waals surface area contributed by atoms with Crippen LogP contribution in [-0.2, 0) is 0 Å². The van der Waals surface area contributed by atoms with Crippen molar-refractivity contribution in [3.05, 3.63) is 53.9 Å². The molecule has 0 N–H and O–H groups in total. The molecule has 2 aromatic heterocycles. The lowest BCUT2D eigenvalue weighted by Gasteiger charge is -1.99. The molecular formula is C15H13N3O. The van der Waals surface area contributed by atoms with Crippen LogP contribution in [0, 0.1) is 13.8 Å². The van der Waals surface area contributed by atoms with Crippen LogP contribution in [0.15, 0.2) is 47.0 Å². The van der Waals surface area contributed by atoms with Gasteiger partial charge in [0.05, 0.1) is 5.56 Å². The van der Waals surface area contributed by atoms with Gasteiger partial charge in [0.1, 0.15) is 0 Å². The second-order valence-electron chi connectivity index (χ2n) is 4.42. The molecule has 0 aliphatic heterocycles. The van der Waals surface area contributed by atoms with Gasteiger partial charge in [0.15, 0.2) is 0 Å². The van der Waals surface area contributed by atoms with Crippen molar-refractivity contribution in [2.75, 3.05) is 0 Å². The normalized spacial score (nSPS) is 10.6. The van der Waals surface area contributed by atoms with Crippen LogP contribution in [0.5, 0.6) is 0 Å². The molecular weight excluding hydrogens is 238 g/mol. The molecule has 19 heavy (non-hydrogen) atoms. The van der Waals surface area contributed by atoms with E-state index in [0.29, 0.717) is 11.8 Å². The number of rotatable bonds is 2. The summed E-state index contributed by atoms with van der Waals surface area (Å²) in [5, 5.41) is 8.18. The van der Waals surface area contributed by atoms with Gasteiger partial charge in [0.2, 0.25) is 11.8 Å². The first-order valence-corrected chi connectivity index (χ1v) is 6.06. The number of nitrogens with zero attached hydrogens (tertiary/aromatic N) is 3. The zero-order valence-corrected chi connectivity index (χ0v) is 10.8. The maximum Gasteiger partial charge on any atom is 0.249 e. The largest absolute Gasteiger partial charge is 0.416 e. The minimum atomic E-state index is 0.491. The van der Waals surface area contributed by atoms with Crippen LogP contribution < -0.4 is 0 Å². The number of hydrogen-bond acceptors (Lipinski definition) is 4. The lowest BCUT2D eigenvalue weighted by molar-refractivity contribution is 0.584. The van der Waals surface area contributed by atoms with Crippen LogP contribution >= 0.6 is 0 Å². The predicted octanol–water partition coefficient (Wildman–Crippen LogP) is 3.42. The summed E-state index contributed by atoms with van der Waals surface area (Å²) in [7, 11) is 0. The molecule has 0 amide bonds. The SMILES string of the molecule is Cc1ccc(-c2nnc(-c3ccccc3C)o2)cn1. The van der Waals surface area contributed by atoms with Crippen molar-refractivity contribution in [2.24, 2.45) is 0 Å². The van der Waals surface area contributed by atoms with E-state index in [2.05, 4.69) is 15.2 Å². The fourth-order valence-corrected chi connectivity index (χ4v) is 1.86. The third-order valence-electron chi connectivity index (χ3n) is 2.96. The summed E-state index contributed by atoms with van der Waals surface area (Å²) in [5.74, 6) is 1.03. The highest BCUT2D eigenvalue weighted by Crippen LogP contribution is 2.25. The minimum absolute atomic E-state index is 0.491. The zero-order valence-electron chi connectivity index (χ0n) is 10.8. The van der Waals surface area contributed by atoms with Crippen molar-refractivity contribution in [3.63, 3.8) is 0 Å². The maximum atomic E-state index is 5.71. The quantitative estimate of drug-likeness (QED) is 0.700. The standard InChI is InChI=1S/C15H13N3O/c1-10-5-3-4-6-13(10)15-18-17-14(19-15)12-8-7-11(2)16-9-12/h3-9H,1-2H3. The van der Waals surface area contributed by atoms with E-state index in [4.69, 9.17) is 4.42 Å². The van der Waals surface area contributed by atoms with Gasteiger partial charge in [-0.15, -0.1) is 10.2 Å². The Bertz CT molecular complexity index is 701. The first-order valence-electron chi connectivity index (χ1n) is 6.06. The molecule has 4 heteroatoms. The smallest absolute Gasteiger partial charge is 0.249 e. The van der Waals surface area contributed by atoms with E-state index in [1.807, 2.05) is 50.2 Å². The Kier molecular flexibility index (Phi) is 2.83. The number of aryl methyl sites for hydroxylation is 2. The molecule has 1 aromatic carbocycles. The second-order valence-corrected chi connectivity index (χ2v) is 4.42. The molecule has 3 rings (SSSR count). The molecule has 4 nitrogen and oxygen atoms in total. The topological polar surface area (TPSA) is 51.8 Å². The average molecular weight is 251 g/mol. The molecule has 0 aliphatic carbocycles. The van der Waals surface area contributed by atoms with Crippen molar-refractivity contribution in [2.45, 2.75) is 13.8 Å². The Balaban J connectivity index is 2.00. The number of pyridine rings is 1. The molecule has 0 saturated carbocycles. The van der Waals surface area contributed by atoms with Gasteiger partial charge in [0, 0.05) is 17.5 Å².